The first-order valence-electron chi connectivity index (χ1n) is 10.1. The highest BCUT2D eigenvalue weighted by atomic mass is 127. The molecule has 0 atom stereocenters. The first-order valence-corrected chi connectivity index (χ1v) is 10.1. The van der Waals surface area contributed by atoms with Gasteiger partial charge < -0.3 is 19.9 Å². The summed E-state index contributed by atoms with van der Waals surface area (Å²) in [7, 11) is 3.51. The van der Waals surface area contributed by atoms with E-state index in [9.17, 15) is 9.18 Å². The molecule has 9 nitrogen and oxygen atoms in total. The molecule has 0 bridgehead atoms. The lowest BCUT2D eigenvalue weighted by Crippen LogP contribution is -2.55. The number of amides is 1. The molecule has 1 amide bonds. The number of aryl methyl sites for hydroxylation is 1. The number of benzene rings is 1. The molecule has 1 aliphatic heterocycles. The number of hydrogen-bond acceptors (Lipinski definition) is 5. The number of hydrogen-bond donors (Lipinski definition) is 1. The Kier molecular flexibility index (Phi) is 8.20. The maximum absolute atomic E-state index is 13.3. The highest BCUT2D eigenvalue weighted by Crippen LogP contribution is 2.20. The molecule has 3 heterocycles. The van der Waals surface area contributed by atoms with Crippen LogP contribution >= 0.6 is 24.0 Å². The number of nitrogens with one attached hydrogen (secondary N) is 1. The van der Waals surface area contributed by atoms with E-state index in [1.807, 2.05) is 24.2 Å². The average molecular weight is 565 g/mol. The molecule has 33 heavy (non-hydrogen) atoms. The van der Waals surface area contributed by atoms with E-state index < -0.39 is 0 Å². The number of ether oxygens (including phenoxy) is 1. The van der Waals surface area contributed by atoms with Gasteiger partial charge in [-0.2, -0.15) is 5.10 Å². The Balaban J connectivity index is 0.00000306. The number of pyridine rings is 1. The van der Waals surface area contributed by atoms with E-state index in [4.69, 9.17) is 4.74 Å². The van der Waals surface area contributed by atoms with Gasteiger partial charge in [0.1, 0.15) is 18.1 Å². The highest BCUT2D eigenvalue weighted by Gasteiger charge is 2.27. The molecule has 174 valence electrons. The Morgan fingerprint density at radius 1 is 1.24 bits per heavy atom. The Hall–Kier alpha value is -3.22. The number of aliphatic imine (C=N–C) groups is 1. The number of nitrogens with zero attached hydrogens (tertiary/aromatic N) is 6. The predicted octanol–water partition coefficient (Wildman–Crippen LogP) is 2.79. The van der Waals surface area contributed by atoms with Crippen molar-refractivity contribution < 1.29 is 13.9 Å². The minimum absolute atomic E-state index is 0. The summed E-state index contributed by atoms with van der Waals surface area (Å²) in [6.45, 7) is 1.92. The number of anilines is 1. The van der Waals surface area contributed by atoms with Crippen LogP contribution in [0.5, 0.6) is 11.6 Å². The molecule has 0 spiro atoms. The van der Waals surface area contributed by atoms with E-state index >= 15 is 0 Å². The SMILES string of the molecule is CN=C(NCc1ccc(Oc2cccc(F)c2)nc1)N1CCN(c2cnn(C)c2)C(=O)C1.I. The number of halogens is 2. The molecule has 3 aromatic rings. The van der Waals surface area contributed by atoms with Gasteiger partial charge in [-0.3, -0.25) is 14.5 Å². The molecule has 0 aliphatic carbocycles. The fraction of sp³-hybridized carbons (Fsp3) is 0.273. The first kappa shape index (κ1) is 24.4. The van der Waals surface area contributed by atoms with Crippen molar-refractivity contribution in [3.63, 3.8) is 0 Å². The molecule has 1 aliphatic rings. The van der Waals surface area contributed by atoms with Crippen molar-refractivity contribution in [1.82, 2.24) is 25.0 Å². The minimum atomic E-state index is -0.366. The number of guanidine groups is 1. The van der Waals surface area contributed by atoms with Gasteiger partial charge in [0.25, 0.3) is 0 Å². The summed E-state index contributed by atoms with van der Waals surface area (Å²) < 4.78 is 20.5. The second kappa shape index (κ2) is 11.1. The van der Waals surface area contributed by atoms with Crippen LogP contribution in [0.15, 0.2) is 60.0 Å². The van der Waals surface area contributed by atoms with E-state index in [0.717, 1.165) is 11.3 Å². The van der Waals surface area contributed by atoms with Crippen LogP contribution in [-0.4, -0.2) is 58.2 Å². The van der Waals surface area contributed by atoms with Crippen molar-refractivity contribution in [1.29, 1.82) is 0 Å². The van der Waals surface area contributed by atoms with Crippen LogP contribution in [0, 0.1) is 5.82 Å². The number of rotatable bonds is 5. The molecule has 0 saturated carbocycles. The van der Waals surface area contributed by atoms with Crippen molar-refractivity contribution in [2.45, 2.75) is 6.54 Å². The van der Waals surface area contributed by atoms with Crippen molar-refractivity contribution >= 4 is 41.5 Å². The zero-order valence-corrected chi connectivity index (χ0v) is 20.6. The van der Waals surface area contributed by atoms with Gasteiger partial charge in [-0.1, -0.05) is 12.1 Å². The fourth-order valence-electron chi connectivity index (χ4n) is 3.42. The van der Waals surface area contributed by atoms with Crippen LogP contribution in [-0.2, 0) is 18.4 Å². The lowest BCUT2D eigenvalue weighted by Gasteiger charge is -2.35. The molecule has 0 radical (unpaired) electrons. The monoisotopic (exact) mass is 565 g/mol. The van der Waals surface area contributed by atoms with E-state index in [2.05, 4.69) is 20.4 Å². The summed E-state index contributed by atoms with van der Waals surface area (Å²) >= 11 is 0. The third kappa shape index (κ3) is 6.18. The predicted molar refractivity (Wildman–Crippen MR) is 133 cm³/mol. The van der Waals surface area contributed by atoms with Crippen LogP contribution in [0.3, 0.4) is 0 Å². The van der Waals surface area contributed by atoms with Gasteiger partial charge in [0.15, 0.2) is 5.96 Å². The lowest BCUT2D eigenvalue weighted by atomic mass is 10.2. The third-order valence-corrected chi connectivity index (χ3v) is 5.00. The van der Waals surface area contributed by atoms with Gasteiger partial charge in [-0.05, 0) is 17.7 Å². The van der Waals surface area contributed by atoms with Gasteiger partial charge in [0.2, 0.25) is 11.8 Å². The summed E-state index contributed by atoms with van der Waals surface area (Å²) in [5.74, 6) is 1.03. The molecule has 0 unspecified atom stereocenters. The van der Waals surface area contributed by atoms with E-state index in [0.29, 0.717) is 37.2 Å². The van der Waals surface area contributed by atoms with Gasteiger partial charge in [0.05, 0.1) is 11.9 Å². The number of piperazine rings is 1. The van der Waals surface area contributed by atoms with Crippen LogP contribution in [0.25, 0.3) is 0 Å². The Bertz CT molecular complexity index is 1120. The van der Waals surface area contributed by atoms with E-state index in [1.54, 1.807) is 47.2 Å². The van der Waals surface area contributed by atoms with E-state index in [-0.39, 0.29) is 42.2 Å². The molecule has 1 N–H and O–H groups in total. The molecule has 4 rings (SSSR count). The first-order chi connectivity index (χ1) is 15.5. The second-order valence-electron chi connectivity index (χ2n) is 7.30. The van der Waals surface area contributed by atoms with E-state index in [1.165, 1.54) is 12.1 Å². The zero-order chi connectivity index (χ0) is 22.5. The van der Waals surface area contributed by atoms with Crippen molar-refractivity contribution in [3.05, 3.63) is 66.4 Å². The Morgan fingerprint density at radius 2 is 2.09 bits per heavy atom. The van der Waals surface area contributed by atoms with Crippen LogP contribution in [0.1, 0.15) is 5.56 Å². The van der Waals surface area contributed by atoms with Crippen LogP contribution in [0.4, 0.5) is 10.1 Å². The lowest BCUT2D eigenvalue weighted by molar-refractivity contribution is -0.120. The van der Waals surface area contributed by atoms with Crippen LogP contribution < -0.4 is 15.0 Å². The maximum Gasteiger partial charge on any atom is 0.246 e. The average Bonchev–Trinajstić information content (AvgIpc) is 3.21. The van der Waals surface area contributed by atoms with Gasteiger partial charge in [-0.25, -0.2) is 9.37 Å². The van der Waals surface area contributed by atoms with Crippen LogP contribution in [0.2, 0.25) is 0 Å². The van der Waals surface area contributed by atoms with Gasteiger partial charge in [-0.15, -0.1) is 24.0 Å². The largest absolute Gasteiger partial charge is 0.439 e. The number of carbonyl (C=O) groups excluding carboxylic acids is 1. The summed E-state index contributed by atoms with van der Waals surface area (Å²) in [4.78, 5) is 24.9. The Morgan fingerprint density at radius 3 is 2.73 bits per heavy atom. The topological polar surface area (TPSA) is 87.9 Å². The second-order valence-corrected chi connectivity index (χ2v) is 7.30. The molecule has 1 saturated heterocycles. The van der Waals surface area contributed by atoms with Crippen molar-refractivity contribution in [2.24, 2.45) is 12.0 Å². The summed E-state index contributed by atoms with van der Waals surface area (Å²) in [5, 5.41) is 7.40. The molecule has 1 fully saturated rings. The quantitative estimate of drug-likeness (QED) is 0.291. The molecule has 1 aromatic carbocycles. The third-order valence-electron chi connectivity index (χ3n) is 5.00. The molecular weight excluding hydrogens is 540 g/mol. The standard InChI is InChI=1S/C22H24FN7O2.HI/c1-24-22(29-8-9-30(21(31)15-29)18-13-27-28(2)14-18)26-12-16-6-7-20(25-11-16)32-19-5-3-4-17(23)10-19;/h3-7,10-11,13-14H,8-9,12,15H2,1-2H3,(H,24,26);1H. The minimum Gasteiger partial charge on any atom is -0.439 e. The molecule has 2 aromatic heterocycles. The Labute approximate surface area is 208 Å². The smallest absolute Gasteiger partial charge is 0.246 e. The number of aromatic nitrogens is 3. The number of carbonyl (C=O) groups is 1. The summed E-state index contributed by atoms with van der Waals surface area (Å²) in [6, 6.07) is 9.49. The summed E-state index contributed by atoms with van der Waals surface area (Å²) in [5.41, 5.74) is 1.71. The molecule has 11 heteroatoms. The van der Waals surface area contributed by atoms with Gasteiger partial charge >= 0.3 is 0 Å². The van der Waals surface area contributed by atoms with Gasteiger partial charge in [0, 0.05) is 58.3 Å². The normalized spacial score (nSPS) is 14.2. The van der Waals surface area contributed by atoms with Crippen molar-refractivity contribution in [3.8, 4) is 11.6 Å². The summed E-state index contributed by atoms with van der Waals surface area (Å²) in [6.07, 6.45) is 5.20. The zero-order valence-electron chi connectivity index (χ0n) is 18.3. The highest BCUT2D eigenvalue weighted by molar-refractivity contribution is 14.0. The fourth-order valence-corrected chi connectivity index (χ4v) is 3.42. The maximum atomic E-state index is 13.3. The molecular formula is C22H25FIN7O2. The van der Waals surface area contributed by atoms with Crippen molar-refractivity contribution in [2.75, 3.05) is 31.6 Å².